The van der Waals surface area contributed by atoms with Crippen molar-refractivity contribution in [2.75, 3.05) is 0 Å². The van der Waals surface area contributed by atoms with E-state index < -0.39 is 0 Å². The summed E-state index contributed by atoms with van der Waals surface area (Å²) in [6.07, 6.45) is 0. The molecule has 0 saturated carbocycles. The van der Waals surface area contributed by atoms with Crippen LogP contribution in [0.4, 0.5) is 0 Å². The van der Waals surface area contributed by atoms with E-state index in [2.05, 4.69) is 6.07 Å². The fourth-order valence-electron chi connectivity index (χ4n) is 1.12. The quantitative estimate of drug-likeness (QED) is 0.595. The lowest BCUT2D eigenvalue weighted by Crippen LogP contribution is -1.89. The van der Waals surface area contributed by atoms with Crippen LogP contribution in [0.5, 0.6) is 5.75 Å². The first-order valence-corrected chi connectivity index (χ1v) is 3.59. The van der Waals surface area contributed by atoms with E-state index in [0.29, 0.717) is 0 Å². The van der Waals surface area contributed by atoms with Crippen LogP contribution in [0.25, 0.3) is 0 Å². The minimum atomic E-state index is 0.766. The molecule has 0 saturated heterocycles. The Morgan fingerprint density at radius 3 is 2.36 bits per heavy atom. The van der Waals surface area contributed by atoms with Crippen LogP contribution in [0.2, 0.25) is 0 Å². The predicted octanol–water partition coefficient (Wildman–Crippen LogP) is 2.66. The second-order valence-corrected chi connectivity index (χ2v) is 2.82. The number of hydrogen-bond donors (Lipinski definition) is 0. The second kappa shape index (κ2) is 2.95. The highest BCUT2D eigenvalue weighted by Gasteiger charge is 2.01. The van der Waals surface area contributed by atoms with Crippen molar-refractivity contribution < 1.29 is 4.74 Å². The van der Waals surface area contributed by atoms with E-state index >= 15 is 0 Å². The van der Waals surface area contributed by atoms with Crippen molar-refractivity contribution in [1.29, 1.82) is 0 Å². The van der Waals surface area contributed by atoms with Crippen molar-refractivity contribution >= 4 is 0 Å². The second-order valence-electron chi connectivity index (χ2n) is 2.82. The summed E-state index contributed by atoms with van der Waals surface area (Å²) in [7, 11) is 5.09. The molecule has 0 N–H and O–H groups in total. The number of aryl methyl sites for hydroxylation is 2. The van der Waals surface area contributed by atoms with Crippen LogP contribution in [-0.2, 0) is 0 Å². The molecule has 0 unspecified atom stereocenters. The molecular formula is C10H12O. The highest BCUT2D eigenvalue weighted by molar-refractivity contribution is 5.41. The molecule has 58 valence electrons. The fraction of sp³-hybridized carbons (Fsp3) is 0.300. The monoisotopic (exact) mass is 148 g/mol. The maximum Gasteiger partial charge on any atom is 0.180 e. The van der Waals surface area contributed by atoms with Gasteiger partial charge in [0.05, 0.1) is 0 Å². The molecule has 0 fully saturated rings. The van der Waals surface area contributed by atoms with Crippen molar-refractivity contribution in [2.45, 2.75) is 20.8 Å². The molecule has 1 heteroatoms. The van der Waals surface area contributed by atoms with Crippen molar-refractivity contribution in [3.8, 4) is 5.75 Å². The zero-order chi connectivity index (χ0) is 8.43. The Morgan fingerprint density at radius 1 is 1.18 bits per heavy atom. The highest BCUT2D eigenvalue weighted by atomic mass is 16.5. The molecule has 0 aliphatic heterocycles. The summed E-state index contributed by atoms with van der Waals surface area (Å²) in [5, 5.41) is 0. The normalized spacial score (nSPS) is 9.82. The third kappa shape index (κ3) is 1.53. The lowest BCUT2D eigenvalue weighted by atomic mass is 10.1. The van der Waals surface area contributed by atoms with E-state index in [1.807, 2.05) is 26.8 Å². The van der Waals surface area contributed by atoms with Crippen LogP contribution in [-0.4, -0.2) is 0 Å². The first kappa shape index (κ1) is 8.12. The number of ether oxygens (including phenoxy) is 1. The molecule has 0 aromatic heterocycles. The molecule has 11 heavy (non-hydrogen) atoms. The fourth-order valence-corrected chi connectivity index (χ4v) is 1.12. The average Bonchev–Trinajstić information content (AvgIpc) is 1.96. The Kier molecular flexibility index (Phi) is 2.18. The summed E-state index contributed by atoms with van der Waals surface area (Å²) in [6.45, 7) is 6.07. The maximum atomic E-state index is 5.09. The standard InChI is InChI=1S/C10H12O/c1-7-5-8(2)9(3)10(6-7)11-4/h4-6H,1-3H3. The molecule has 0 bridgehead atoms. The van der Waals surface area contributed by atoms with Crippen LogP contribution in [0.15, 0.2) is 12.1 Å². The van der Waals surface area contributed by atoms with E-state index in [1.165, 1.54) is 11.1 Å². The summed E-state index contributed by atoms with van der Waals surface area (Å²) in [6, 6.07) is 4.04. The Morgan fingerprint density at radius 2 is 1.82 bits per heavy atom. The van der Waals surface area contributed by atoms with Gasteiger partial charge in [0.2, 0.25) is 0 Å². The third-order valence-electron chi connectivity index (χ3n) is 1.89. The SMILES string of the molecule is [CH]Oc1cc(C)cc(C)c1C. The third-order valence-corrected chi connectivity index (χ3v) is 1.89. The van der Waals surface area contributed by atoms with Crippen LogP contribution in [0.3, 0.4) is 0 Å². The zero-order valence-corrected chi connectivity index (χ0v) is 7.14. The van der Waals surface area contributed by atoms with Gasteiger partial charge in [-0.2, -0.15) is 0 Å². The maximum absolute atomic E-state index is 5.09. The largest absolute Gasteiger partial charge is 0.482 e. The van der Waals surface area contributed by atoms with Gasteiger partial charge in [0, 0.05) is 0 Å². The minimum absolute atomic E-state index is 0.766. The number of benzene rings is 1. The molecule has 0 aliphatic carbocycles. The van der Waals surface area contributed by atoms with Gasteiger partial charge in [0.1, 0.15) is 5.75 Å². The van der Waals surface area contributed by atoms with Gasteiger partial charge >= 0.3 is 0 Å². The van der Waals surface area contributed by atoms with Crippen LogP contribution in [0.1, 0.15) is 16.7 Å². The van der Waals surface area contributed by atoms with Gasteiger partial charge in [-0.15, -0.1) is 0 Å². The summed E-state index contributed by atoms with van der Waals surface area (Å²) < 4.78 is 4.71. The van der Waals surface area contributed by atoms with Crippen molar-refractivity contribution in [3.63, 3.8) is 0 Å². The molecule has 0 atom stereocenters. The van der Waals surface area contributed by atoms with Crippen LogP contribution < -0.4 is 4.74 Å². The Bertz CT molecular complexity index is 264. The van der Waals surface area contributed by atoms with Gasteiger partial charge in [-0.1, -0.05) is 6.07 Å². The van der Waals surface area contributed by atoms with Crippen LogP contribution in [0, 0.1) is 27.9 Å². The highest BCUT2D eigenvalue weighted by Crippen LogP contribution is 2.22. The molecule has 0 amide bonds. The molecule has 1 nitrogen and oxygen atoms in total. The summed E-state index contributed by atoms with van der Waals surface area (Å²) in [5.74, 6) is 0.766. The summed E-state index contributed by atoms with van der Waals surface area (Å²) in [5.41, 5.74) is 3.50. The first-order valence-electron chi connectivity index (χ1n) is 3.59. The number of rotatable bonds is 1. The minimum Gasteiger partial charge on any atom is -0.482 e. The summed E-state index contributed by atoms with van der Waals surface area (Å²) >= 11 is 0. The van der Waals surface area contributed by atoms with Gasteiger partial charge in [-0.25, -0.2) is 0 Å². The molecule has 2 radical (unpaired) electrons. The average molecular weight is 148 g/mol. The molecule has 1 rings (SSSR count). The topological polar surface area (TPSA) is 9.23 Å². The van der Waals surface area contributed by atoms with E-state index in [1.54, 1.807) is 0 Å². The van der Waals surface area contributed by atoms with Crippen LogP contribution >= 0.6 is 0 Å². The molecule has 1 aromatic rings. The van der Waals surface area contributed by atoms with Gasteiger partial charge in [-0.05, 0) is 43.5 Å². The van der Waals surface area contributed by atoms with Gasteiger partial charge in [-0.3, -0.25) is 0 Å². The van der Waals surface area contributed by atoms with Gasteiger partial charge in [0.25, 0.3) is 0 Å². The zero-order valence-electron chi connectivity index (χ0n) is 7.14. The number of hydrogen-bond acceptors (Lipinski definition) is 1. The Balaban J connectivity index is 3.24. The predicted molar refractivity (Wildman–Crippen MR) is 45.6 cm³/mol. The molecular weight excluding hydrogens is 136 g/mol. The summed E-state index contributed by atoms with van der Waals surface area (Å²) in [4.78, 5) is 0. The Hall–Kier alpha value is -0.980. The molecule has 1 aromatic carbocycles. The Labute approximate surface area is 68.0 Å². The van der Waals surface area contributed by atoms with Gasteiger partial charge < -0.3 is 4.74 Å². The first-order chi connectivity index (χ1) is 5.15. The van der Waals surface area contributed by atoms with Crippen molar-refractivity contribution in [2.24, 2.45) is 0 Å². The van der Waals surface area contributed by atoms with Crippen molar-refractivity contribution in [1.82, 2.24) is 0 Å². The van der Waals surface area contributed by atoms with E-state index in [-0.39, 0.29) is 0 Å². The smallest absolute Gasteiger partial charge is 0.180 e. The van der Waals surface area contributed by atoms with E-state index in [0.717, 1.165) is 11.3 Å². The van der Waals surface area contributed by atoms with Gasteiger partial charge in [0.15, 0.2) is 7.11 Å². The molecule has 0 aliphatic rings. The van der Waals surface area contributed by atoms with E-state index in [4.69, 9.17) is 11.8 Å². The van der Waals surface area contributed by atoms with E-state index in [9.17, 15) is 0 Å². The molecule has 0 heterocycles. The molecule has 0 spiro atoms. The van der Waals surface area contributed by atoms with Crippen molar-refractivity contribution in [3.05, 3.63) is 35.9 Å². The lowest BCUT2D eigenvalue weighted by Gasteiger charge is -2.07. The lowest BCUT2D eigenvalue weighted by molar-refractivity contribution is 0.468.